The highest BCUT2D eigenvalue weighted by atomic mass is 16.6. The SMILES string of the molecule is C=C(C)C(=O)O.C=CC(=O)OCCOC. The Hall–Kier alpha value is -1.62. The number of ether oxygens (including phenoxy) is 2. The Bertz CT molecular complexity index is 220. The van der Waals surface area contributed by atoms with Crippen LogP contribution in [0.5, 0.6) is 0 Å². The number of hydrogen-bond acceptors (Lipinski definition) is 4. The Balaban J connectivity index is 0. The van der Waals surface area contributed by atoms with Gasteiger partial charge in [0.25, 0.3) is 0 Å². The summed E-state index contributed by atoms with van der Waals surface area (Å²) in [5, 5.41) is 7.89. The Kier molecular flexibility index (Phi) is 11.0. The first kappa shape index (κ1) is 15.8. The summed E-state index contributed by atoms with van der Waals surface area (Å²) in [5.74, 6) is -1.35. The summed E-state index contributed by atoms with van der Waals surface area (Å²) in [6.07, 6.45) is 1.12. The van der Waals surface area contributed by atoms with Gasteiger partial charge in [0.2, 0.25) is 0 Å². The minimum Gasteiger partial charge on any atom is -0.478 e. The molecule has 0 aliphatic carbocycles. The van der Waals surface area contributed by atoms with Gasteiger partial charge in [-0.3, -0.25) is 0 Å². The lowest BCUT2D eigenvalue weighted by Gasteiger charge is -1.98. The van der Waals surface area contributed by atoms with Crippen LogP contribution >= 0.6 is 0 Å². The van der Waals surface area contributed by atoms with Crippen LogP contribution in [0.3, 0.4) is 0 Å². The summed E-state index contributed by atoms with van der Waals surface area (Å²) in [4.78, 5) is 19.9. The van der Waals surface area contributed by atoms with E-state index in [9.17, 15) is 9.59 Å². The topological polar surface area (TPSA) is 72.8 Å². The van der Waals surface area contributed by atoms with Crippen LogP contribution in [-0.2, 0) is 19.1 Å². The van der Waals surface area contributed by atoms with E-state index in [-0.39, 0.29) is 5.57 Å². The number of carboxylic acids is 1. The van der Waals surface area contributed by atoms with Gasteiger partial charge in [-0.05, 0) is 6.92 Å². The molecular formula is C10H16O5. The van der Waals surface area contributed by atoms with Gasteiger partial charge < -0.3 is 14.6 Å². The number of methoxy groups -OCH3 is 1. The minimum absolute atomic E-state index is 0.176. The molecule has 0 bridgehead atoms. The molecule has 86 valence electrons. The van der Waals surface area contributed by atoms with Crippen LogP contribution in [0.1, 0.15) is 6.92 Å². The van der Waals surface area contributed by atoms with Crippen LogP contribution in [0, 0.1) is 0 Å². The quantitative estimate of drug-likeness (QED) is 0.422. The van der Waals surface area contributed by atoms with Crippen LogP contribution in [0.15, 0.2) is 24.8 Å². The smallest absolute Gasteiger partial charge is 0.330 e. The van der Waals surface area contributed by atoms with Gasteiger partial charge in [-0.1, -0.05) is 13.2 Å². The molecule has 0 fully saturated rings. The number of carboxylic acid groups (broad SMARTS) is 1. The molecule has 0 atom stereocenters. The van der Waals surface area contributed by atoms with Crippen molar-refractivity contribution in [1.82, 2.24) is 0 Å². The van der Waals surface area contributed by atoms with Crippen molar-refractivity contribution in [3.05, 3.63) is 24.8 Å². The summed E-state index contributed by atoms with van der Waals surface area (Å²) < 4.78 is 9.17. The van der Waals surface area contributed by atoms with Crippen molar-refractivity contribution < 1.29 is 24.2 Å². The van der Waals surface area contributed by atoms with Gasteiger partial charge in [0.15, 0.2) is 0 Å². The summed E-state index contributed by atoms with van der Waals surface area (Å²) in [7, 11) is 1.54. The molecule has 0 unspecified atom stereocenters. The number of aliphatic carboxylic acids is 1. The standard InChI is InChI=1S/C6H10O3.C4H6O2/c1-3-6(7)9-5-4-8-2;1-3(2)4(5)6/h3H,1,4-5H2,2H3;1H2,2H3,(H,5,6). The Morgan fingerprint density at radius 3 is 2.13 bits per heavy atom. The lowest BCUT2D eigenvalue weighted by atomic mass is 10.4. The summed E-state index contributed by atoms with van der Waals surface area (Å²) in [6, 6.07) is 0. The van der Waals surface area contributed by atoms with Gasteiger partial charge in [0.1, 0.15) is 6.61 Å². The predicted octanol–water partition coefficient (Wildman–Crippen LogP) is 1.01. The van der Waals surface area contributed by atoms with Crippen molar-refractivity contribution in [3.63, 3.8) is 0 Å². The van der Waals surface area contributed by atoms with Crippen molar-refractivity contribution in [2.45, 2.75) is 6.92 Å². The molecule has 0 saturated carbocycles. The zero-order valence-electron chi connectivity index (χ0n) is 8.99. The molecule has 1 N–H and O–H groups in total. The first-order chi connectivity index (χ1) is 6.95. The lowest BCUT2D eigenvalue weighted by molar-refractivity contribution is -0.139. The molecule has 5 nitrogen and oxygen atoms in total. The number of carbonyl (C=O) groups is 2. The molecule has 0 aromatic carbocycles. The van der Waals surface area contributed by atoms with Gasteiger partial charge in [-0.15, -0.1) is 0 Å². The zero-order valence-corrected chi connectivity index (χ0v) is 8.99. The van der Waals surface area contributed by atoms with Gasteiger partial charge in [0.05, 0.1) is 6.61 Å². The Labute approximate surface area is 89.0 Å². The van der Waals surface area contributed by atoms with Gasteiger partial charge in [-0.2, -0.15) is 0 Å². The van der Waals surface area contributed by atoms with E-state index in [1.165, 1.54) is 6.92 Å². The molecule has 0 rings (SSSR count). The molecule has 0 aromatic heterocycles. The van der Waals surface area contributed by atoms with E-state index in [2.05, 4.69) is 22.6 Å². The minimum atomic E-state index is -0.935. The van der Waals surface area contributed by atoms with Crippen molar-refractivity contribution >= 4 is 11.9 Å². The molecule has 0 spiro atoms. The monoisotopic (exact) mass is 216 g/mol. The molecule has 0 radical (unpaired) electrons. The highest BCUT2D eigenvalue weighted by Gasteiger charge is 1.91. The molecule has 0 aromatic rings. The fraction of sp³-hybridized carbons (Fsp3) is 0.400. The van der Waals surface area contributed by atoms with Gasteiger partial charge in [0, 0.05) is 18.8 Å². The molecule has 0 aliphatic heterocycles. The number of hydrogen-bond donors (Lipinski definition) is 1. The second kappa shape index (κ2) is 10.5. The van der Waals surface area contributed by atoms with Crippen molar-refractivity contribution in [2.24, 2.45) is 0 Å². The maximum atomic E-state index is 10.3. The molecular weight excluding hydrogens is 200 g/mol. The molecule has 0 amide bonds. The third-order valence-corrected chi connectivity index (χ3v) is 1.06. The highest BCUT2D eigenvalue weighted by Crippen LogP contribution is 1.81. The third kappa shape index (κ3) is 15.2. The average Bonchev–Trinajstić information content (AvgIpc) is 2.18. The van der Waals surface area contributed by atoms with Crippen LogP contribution in [0.2, 0.25) is 0 Å². The van der Waals surface area contributed by atoms with Crippen LogP contribution in [-0.4, -0.2) is 37.4 Å². The van der Waals surface area contributed by atoms with Crippen LogP contribution in [0.4, 0.5) is 0 Å². The van der Waals surface area contributed by atoms with Gasteiger partial charge in [-0.25, -0.2) is 9.59 Å². The number of rotatable bonds is 5. The van der Waals surface area contributed by atoms with E-state index >= 15 is 0 Å². The number of carbonyl (C=O) groups excluding carboxylic acids is 1. The fourth-order valence-electron chi connectivity index (χ4n) is 0.285. The lowest BCUT2D eigenvalue weighted by Crippen LogP contribution is -2.06. The Morgan fingerprint density at radius 1 is 1.40 bits per heavy atom. The average molecular weight is 216 g/mol. The van der Waals surface area contributed by atoms with Crippen molar-refractivity contribution in [3.8, 4) is 0 Å². The van der Waals surface area contributed by atoms with Crippen molar-refractivity contribution in [2.75, 3.05) is 20.3 Å². The molecule has 0 heterocycles. The maximum absolute atomic E-state index is 10.3. The van der Waals surface area contributed by atoms with E-state index in [1.54, 1.807) is 7.11 Å². The van der Waals surface area contributed by atoms with E-state index < -0.39 is 11.9 Å². The van der Waals surface area contributed by atoms with Gasteiger partial charge >= 0.3 is 11.9 Å². The summed E-state index contributed by atoms with van der Waals surface area (Å²) in [6.45, 7) is 8.55. The number of esters is 1. The second-order valence-corrected chi connectivity index (χ2v) is 2.45. The second-order valence-electron chi connectivity index (χ2n) is 2.45. The normalized spacial score (nSPS) is 8.13. The molecule has 15 heavy (non-hydrogen) atoms. The van der Waals surface area contributed by atoms with E-state index in [1.807, 2.05) is 0 Å². The largest absolute Gasteiger partial charge is 0.478 e. The summed E-state index contributed by atoms with van der Waals surface area (Å²) in [5.41, 5.74) is 0.176. The molecule has 5 heteroatoms. The molecule has 0 saturated heterocycles. The van der Waals surface area contributed by atoms with Crippen molar-refractivity contribution in [1.29, 1.82) is 0 Å². The predicted molar refractivity (Wildman–Crippen MR) is 55.5 cm³/mol. The van der Waals surface area contributed by atoms with E-state index in [0.29, 0.717) is 13.2 Å². The Morgan fingerprint density at radius 2 is 1.87 bits per heavy atom. The summed E-state index contributed by atoms with van der Waals surface area (Å²) >= 11 is 0. The van der Waals surface area contributed by atoms with Crippen LogP contribution in [0.25, 0.3) is 0 Å². The van der Waals surface area contributed by atoms with E-state index in [0.717, 1.165) is 6.08 Å². The first-order valence-corrected chi connectivity index (χ1v) is 4.12. The maximum Gasteiger partial charge on any atom is 0.330 e. The molecule has 0 aliphatic rings. The van der Waals surface area contributed by atoms with Crippen LogP contribution < -0.4 is 0 Å². The van der Waals surface area contributed by atoms with E-state index in [4.69, 9.17) is 5.11 Å². The first-order valence-electron chi connectivity index (χ1n) is 4.12. The highest BCUT2D eigenvalue weighted by molar-refractivity contribution is 5.84. The fourth-order valence-corrected chi connectivity index (χ4v) is 0.285. The zero-order chi connectivity index (χ0) is 12.3. The third-order valence-electron chi connectivity index (χ3n) is 1.06.